The molecular formula is C24H31ClN2O3. The van der Waals surface area contributed by atoms with Crippen LogP contribution in [-0.4, -0.2) is 34.9 Å². The Morgan fingerprint density at radius 1 is 1.10 bits per heavy atom. The summed E-state index contributed by atoms with van der Waals surface area (Å²) in [4.78, 5) is 27.3. The van der Waals surface area contributed by atoms with Gasteiger partial charge in [0.05, 0.1) is 0 Å². The average Bonchev–Trinajstić information content (AvgIpc) is 2.66. The quantitative estimate of drug-likeness (QED) is 0.694. The predicted octanol–water partition coefficient (Wildman–Crippen LogP) is 4.67. The van der Waals surface area contributed by atoms with Crippen molar-refractivity contribution in [3.05, 3.63) is 64.2 Å². The second-order valence-electron chi connectivity index (χ2n) is 8.62. The van der Waals surface area contributed by atoms with Gasteiger partial charge >= 0.3 is 0 Å². The molecule has 0 heterocycles. The Morgan fingerprint density at radius 3 is 2.30 bits per heavy atom. The second-order valence-corrected chi connectivity index (χ2v) is 9.03. The van der Waals surface area contributed by atoms with Gasteiger partial charge in [-0.05, 0) is 70.9 Å². The molecule has 2 amide bonds. The normalized spacial score (nSPS) is 12.2. The summed E-state index contributed by atoms with van der Waals surface area (Å²) in [6.45, 7) is 11.5. The molecule has 0 saturated heterocycles. The van der Waals surface area contributed by atoms with Crippen molar-refractivity contribution in [1.82, 2.24) is 10.2 Å². The van der Waals surface area contributed by atoms with E-state index in [-0.39, 0.29) is 24.0 Å². The minimum absolute atomic E-state index is 0.167. The topological polar surface area (TPSA) is 58.6 Å². The molecule has 0 aliphatic carbocycles. The highest BCUT2D eigenvalue weighted by molar-refractivity contribution is 6.31. The summed E-state index contributed by atoms with van der Waals surface area (Å²) >= 11 is 6.05. The van der Waals surface area contributed by atoms with Crippen LogP contribution < -0.4 is 10.1 Å². The van der Waals surface area contributed by atoms with Crippen molar-refractivity contribution < 1.29 is 14.3 Å². The van der Waals surface area contributed by atoms with Crippen molar-refractivity contribution in [2.75, 3.05) is 6.61 Å². The van der Waals surface area contributed by atoms with E-state index in [2.05, 4.69) is 5.32 Å². The van der Waals surface area contributed by atoms with Crippen LogP contribution in [0.3, 0.4) is 0 Å². The Balaban J connectivity index is 2.17. The van der Waals surface area contributed by atoms with Gasteiger partial charge in [-0.25, -0.2) is 0 Å². The van der Waals surface area contributed by atoms with E-state index in [9.17, 15) is 9.59 Å². The van der Waals surface area contributed by atoms with Crippen LogP contribution in [0.25, 0.3) is 0 Å². The highest BCUT2D eigenvalue weighted by Crippen LogP contribution is 2.21. The molecule has 6 heteroatoms. The van der Waals surface area contributed by atoms with Crippen LogP contribution in [0.2, 0.25) is 5.02 Å². The minimum Gasteiger partial charge on any atom is -0.484 e. The first-order chi connectivity index (χ1) is 14.0. The Morgan fingerprint density at radius 2 is 1.73 bits per heavy atom. The van der Waals surface area contributed by atoms with Gasteiger partial charge < -0.3 is 15.0 Å². The number of hydrogen-bond acceptors (Lipinski definition) is 3. The molecule has 30 heavy (non-hydrogen) atoms. The molecule has 0 fully saturated rings. The summed E-state index contributed by atoms with van der Waals surface area (Å²) in [6.07, 6.45) is 0. The Hall–Kier alpha value is -2.53. The fraction of sp³-hybridized carbons (Fsp3) is 0.417. The van der Waals surface area contributed by atoms with Gasteiger partial charge in [0.25, 0.3) is 5.91 Å². The van der Waals surface area contributed by atoms with Crippen LogP contribution in [0.15, 0.2) is 42.5 Å². The van der Waals surface area contributed by atoms with Crippen molar-refractivity contribution in [2.45, 2.75) is 59.7 Å². The molecule has 2 aromatic carbocycles. The SMILES string of the molecule is Cc1ccc(CN(C(=O)COc2ccc(Cl)c(C)c2)[C@H](C)C(=O)NC(C)(C)C)cc1. The molecule has 0 aromatic heterocycles. The first-order valence-corrected chi connectivity index (χ1v) is 10.4. The summed E-state index contributed by atoms with van der Waals surface area (Å²) in [7, 11) is 0. The van der Waals surface area contributed by atoms with Crippen molar-refractivity contribution in [1.29, 1.82) is 0 Å². The molecule has 0 aliphatic heterocycles. The number of rotatable bonds is 7. The van der Waals surface area contributed by atoms with E-state index in [0.29, 0.717) is 17.3 Å². The minimum atomic E-state index is -0.645. The maximum absolute atomic E-state index is 13.0. The van der Waals surface area contributed by atoms with Crippen LogP contribution in [-0.2, 0) is 16.1 Å². The van der Waals surface area contributed by atoms with Crippen LogP contribution in [0.4, 0.5) is 0 Å². The molecule has 0 unspecified atom stereocenters. The van der Waals surface area contributed by atoms with E-state index in [1.807, 2.05) is 58.9 Å². The fourth-order valence-electron chi connectivity index (χ4n) is 2.88. The lowest BCUT2D eigenvalue weighted by Gasteiger charge is -2.31. The molecule has 5 nitrogen and oxygen atoms in total. The number of amides is 2. The number of halogens is 1. The van der Waals surface area contributed by atoms with Gasteiger partial charge in [0, 0.05) is 17.1 Å². The number of benzene rings is 2. The largest absolute Gasteiger partial charge is 0.484 e. The summed E-state index contributed by atoms with van der Waals surface area (Å²) in [5, 5.41) is 3.59. The average molecular weight is 431 g/mol. The van der Waals surface area contributed by atoms with Crippen molar-refractivity contribution in [2.24, 2.45) is 0 Å². The molecular weight excluding hydrogens is 400 g/mol. The summed E-state index contributed by atoms with van der Waals surface area (Å²) in [5.74, 6) is 0.0948. The zero-order chi connectivity index (χ0) is 22.5. The third kappa shape index (κ3) is 7.06. The first-order valence-electron chi connectivity index (χ1n) is 10.0. The van der Waals surface area contributed by atoms with Crippen molar-refractivity contribution >= 4 is 23.4 Å². The zero-order valence-corrected chi connectivity index (χ0v) is 19.3. The number of nitrogens with one attached hydrogen (secondary N) is 1. The molecule has 162 valence electrons. The molecule has 0 saturated carbocycles. The number of hydrogen-bond donors (Lipinski definition) is 1. The molecule has 2 rings (SSSR count). The number of carbonyl (C=O) groups excluding carboxylic acids is 2. The molecule has 0 bridgehead atoms. The highest BCUT2D eigenvalue weighted by Gasteiger charge is 2.28. The van der Waals surface area contributed by atoms with Crippen LogP contribution >= 0.6 is 11.6 Å². The van der Waals surface area contributed by atoms with E-state index >= 15 is 0 Å². The fourth-order valence-corrected chi connectivity index (χ4v) is 3.00. The van der Waals surface area contributed by atoms with Crippen molar-refractivity contribution in [3.8, 4) is 5.75 Å². The number of nitrogens with zero attached hydrogens (tertiary/aromatic N) is 1. The second kappa shape index (κ2) is 9.98. The molecule has 1 atom stereocenters. The molecule has 2 aromatic rings. The maximum atomic E-state index is 13.0. The first kappa shape index (κ1) is 23.7. The Bertz CT molecular complexity index is 888. The Labute approximate surface area is 184 Å². The lowest BCUT2D eigenvalue weighted by Crippen LogP contribution is -2.53. The van der Waals surface area contributed by atoms with Gasteiger partial charge in [-0.15, -0.1) is 0 Å². The van der Waals surface area contributed by atoms with Crippen LogP contribution in [0.1, 0.15) is 44.4 Å². The summed E-state index contributed by atoms with van der Waals surface area (Å²) < 4.78 is 5.69. The standard InChI is InChI=1S/C24H31ClN2O3/c1-16-7-9-19(10-8-16)14-27(18(3)23(29)26-24(4,5)6)22(28)15-30-20-11-12-21(25)17(2)13-20/h7-13,18H,14-15H2,1-6H3,(H,26,29)/t18-/m1/s1. The number of ether oxygens (including phenoxy) is 1. The summed E-state index contributed by atoms with van der Waals surface area (Å²) in [6, 6.07) is 12.5. The van der Waals surface area contributed by atoms with Crippen LogP contribution in [0.5, 0.6) is 5.75 Å². The van der Waals surface area contributed by atoms with Gasteiger partial charge in [-0.1, -0.05) is 41.4 Å². The van der Waals surface area contributed by atoms with Crippen molar-refractivity contribution in [3.63, 3.8) is 0 Å². The van der Waals surface area contributed by atoms with E-state index in [1.165, 1.54) is 0 Å². The van der Waals surface area contributed by atoms with Gasteiger partial charge in [0.2, 0.25) is 5.91 Å². The van der Waals surface area contributed by atoms with E-state index in [4.69, 9.17) is 16.3 Å². The highest BCUT2D eigenvalue weighted by atomic mass is 35.5. The molecule has 0 spiro atoms. The van der Waals surface area contributed by atoms with Gasteiger partial charge in [-0.2, -0.15) is 0 Å². The van der Waals surface area contributed by atoms with Gasteiger partial charge in [-0.3, -0.25) is 9.59 Å². The maximum Gasteiger partial charge on any atom is 0.261 e. The van der Waals surface area contributed by atoms with E-state index in [0.717, 1.165) is 16.7 Å². The smallest absolute Gasteiger partial charge is 0.261 e. The summed E-state index contributed by atoms with van der Waals surface area (Å²) in [5.41, 5.74) is 2.57. The third-order valence-electron chi connectivity index (χ3n) is 4.63. The van der Waals surface area contributed by atoms with Gasteiger partial charge in [0.1, 0.15) is 11.8 Å². The molecule has 0 radical (unpaired) electrons. The molecule has 0 aliphatic rings. The molecule has 1 N–H and O–H groups in total. The van der Waals surface area contributed by atoms with E-state index in [1.54, 1.807) is 30.0 Å². The Kier molecular flexibility index (Phi) is 7.90. The third-order valence-corrected chi connectivity index (χ3v) is 5.05. The number of carbonyl (C=O) groups is 2. The van der Waals surface area contributed by atoms with Gasteiger partial charge in [0.15, 0.2) is 6.61 Å². The lowest BCUT2D eigenvalue weighted by atomic mass is 10.1. The lowest BCUT2D eigenvalue weighted by molar-refractivity contribution is -0.142. The monoisotopic (exact) mass is 430 g/mol. The predicted molar refractivity (Wildman–Crippen MR) is 121 cm³/mol. The zero-order valence-electron chi connectivity index (χ0n) is 18.6. The van der Waals surface area contributed by atoms with Crippen LogP contribution in [0, 0.1) is 13.8 Å². The number of aryl methyl sites for hydroxylation is 2. The van der Waals surface area contributed by atoms with E-state index < -0.39 is 6.04 Å².